The first kappa shape index (κ1) is 10.6. The van der Waals surface area contributed by atoms with Crippen molar-refractivity contribution < 1.29 is 0 Å². The van der Waals surface area contributed by atoms with Gasteiger partial charge in [0.05, 0.1) is 4.99 Å². The predicted octanol–water partition coefficient (Wildman–Crippen LogP) is 3.71. The van der Waals surface area contributed by atoms with E-state index in [0.29, 0.717) is 0 Å². The van der Waals surface area contributed by atoms with Crippen molar-refractivity contribution in [3.63, 3.8) is 0 Å². The number of nitrogens with one attached hydrogen (secondary N) is 1. The Kier molecular flexibility index (Phi) is 3.37. The standard InChI is InChI=1S/C13H17NS/c1-2-3-4-5-10-6-7-12-11(8-10)9-13(15)14-12/h6-8H,2-5,9H2,1H3,(H,14,15). The highest BCUT2D eigenvalue weighted by Gasteiger charge is 2.14. The molecule has 0 amide bonds. The Morgan fingerprint density at radius 1 is 1.33 bits per heavy atom. The molecule has 0 aliphatic carbocycles. The zero-order chi connectivity index (χ0) is 10.7. The lowest BCUT2D eigenvalue weighted by atomic mass is 10.0. The van der Waals surface area contributed by atoms with Gasteiger partial charge < -0.3 is 5.32 Å². The lowest BCUT2D eigenvalue weighted by Gasteiger charge is -2.03. The van der Waals surface area contributed by atoms with Crippen molar-refractivity contribution in [1.29, 1.82) is 0 Å². The third-order valence-corrected chi connectivity index (χ3v) is 3.11. The summed E-state index contributed by atoms with van der Waals surface area (Å²) >= 11 is 5.16. The van der Waals surface area contributed by atoms with E-state index in [4.69, 9.17) is 12.2 Å². The molecule has 80 valence electrons. The normalized spacial score (nSPS) is 13.8. The summed E-state index contributed by atoms with van der Waals surface area (Å²) in [7, 11) is 0. The average molecular weight is 219 g/mol. The molecule has 0 aromatic heterocycles. The van der Waals surface area contributed by atoms with E-state index in [1.54, 1.807) is 0 Å². The van der Waals surface area contributed by atoms with Crippen LogP contribution in [0.2, 0.25) is 0 Å². The first-order valence-corrected chi connectivity index (χ1v) is 6.12. The summed E-state index contributed by atoms with van der Waals surface area (Å²) in [6.45, 7) is 2.24. The topological polar surface area (TPSA) is 12.0 Å². The van der Waals surface area contributed by atoms with Crippen LogP contribution in [0.1, 0.15) is 37.3 Å². The first-order valence-electron chi connectivity index (χ1n) is 5.71. The number of fused-ring (bicyclic) bond motifs is 1. The van der Waals surface area contributed by atoms with Crippen molar-refractivity contribution in [2.75, 3.05) is 5.32 Å². The quantitative estimate of drug-likeness (QED) is 0.612. The SMILES string of the molecule is CCCCCc1ccc2c(c1)CC(=S)N2. The van der Waals surface area contributed by atoms with Gasteiger partial charge in [-0.1, -0.05) is 44.1 Å². The Balaban J connectivity index is 2.03. The highest BCUT2D eigenvalue weighted by molar-refractivity contribution is 7.80. The smallest absolute Gasteiger partial charge is 0.0842 e. The molecule has 0 atom stereocenters. The molecule has 2 heteroatoms. The molecule has 1 N–H and O–H groups in total. The van der Waals surface area contributed by atoms with Gasteiger partial charge in [-0.25, -0.2) is 0 Å². The van der Waals surface area contributed by atoms with Gasteiger partial charge in [0.1, 0.15) is 0 Å². The lowest BCUT2D eigenvalue weighted by Crippen LogP contribution is -2.00. The fourth-order valence-corrected chi connectivity index (χ4v) is 2.28. The van der Waals surface area contributed by atoms with Gasteiger partial charge >= 0.3 is 0 Å². The van der Waals surface area contributed by atoms with Crippen LogP contribution in [0.15, 0.2) is 18.2 Å². The second kappa shape index (κ2) is 4.75. The van der Waals surface area contributed by atoms with Gasteiger partial charge in [0.15, 0.2) is 0 Å². The van der Waals surface area contributed by atoms with E-state index in [2.05, 4.69) is 30.4 Å². The summed E-state index contributed by atoms with van der Waals surface area (Å²) in [5, 5.41) is 3.22. The molecule has 0 bridgehead atoms. The van der Waals surface area contributed by atoms with Crippen molar-refractivity contribution in [2.24, 2.45) is 0 Å². The minimum absolute atomic E-state index is 0.923. The maximum Gasteiger partial charge on any atom is 0.0842 e. The first-order chi connectivity index (χ1) is 7.29. The van der Waals surface area contributed by atoms with Crippen LogP contribution in [0, 0.1) is 0 Å². The number of hydrogen-bond donors (Lipinski definition) is 1. The minimum Gasteiger partial charge on any atom is -0.350 e. The molecule has 1 aromatic rings. The van der Waals surface area contributed by atoms with Crippen LogP contribution in [0.3, 0.4) is 0 Å². The number of hydrogen-bond acceptors (Lipinski definition) is 1. The molecular formula is C13H17NS. The zero-order valence-corrected chi connectivity index (χ0v) is 9.99. The number of aryl methyl sites for hydroxylation is 1. The largest absolute Gasteiger partial charge is 0.350 e. The Morgan fingerprint density at radius 2 is 2.20 bits per heavy atom. The van der Waals surface area contributed by atoms with E-state index in [9.17, 15) is 0 Å². The van der Waals surface area contributed by atoms with Crippen LogP contribution in [0.4, 0.5) is 5.69 Å². The molecule has 0 unspecified atom stereocenters. The van der Waals surface area contributed by atoms with Crippen molar-refractivity contribution in [2.45, 2.75) is 39.0 Å². The zero-order valence-electron chi connectivity index (χ0n) is 9.18. The number of thiocarbonyl (C=S) groups is 1. The van der Waals surface area contributed by atoms with Crippen molar-refractivity contribution in [3.05, 3.63) is 29.3 Å². The van der Waals surface area contributed by atoms with Crippen LogP contribution in [-0.4, -0.2) is 4.99 Å². The molecule has 0 spiro atoms. The predicted molar refractivity (Wildman–Crippen MR) is 69.6 cm³/mol. The van der Waals surface area contributed by atoms with E-state index >= 15 is 0 Å². The summed E-state index contributed by atoms with van der Waals surface area (Å²) < 4.78 is 0. The number of benzene rings is 1. The lowest BCUT2D eigenvalue weighted by molar-refractivity contribution is 0.717. The molecule has 1 nitrogen and oxygen atoms in total. The molecule has 0 fully saturated rings. The van der Waals surface area contributed by atoms with E-state index < -0.39 is 0 Å². The highest BCUT2D eigenvalue weighted by atomic mass is 32.1. The van der Waals surface area contributed by atoms with Crippen LogP contribution < -0.4 is 5.32 Å². The Hall–Kier alpha value is -0.890. The molecule has 0 radical (unpaired) electrons. The second-order valence-electron chi connectivity index (χ2n) is 4.17. The van der Waals surface area contributed by atoms with E-state index in [0.717, 1.165) is 11.4 Å². The molecule has 2 rings (SSSR count). The van der Waals surface area contributed by atoms with Gasteiger partial charge in [-0.3, -0.25) is 0 Å². The number of anilines is 1. The average Bonchev–Trinajstić information content (AvgIpc) is 2.57. The molecule has 1 aromatic carbocycles. The van der Waals surface area contributed by atoms with Crippen LogP contribution in [0.5, 0.6) is 0 Å². The monoisotopic (exact) mass is 219 g/mol. The Labute approximate surface area is 96.9 Å². The summed E-state index contributed by atoms with van der Waals surface area (Å²) in [5.74, 6) is 0. The molecule has 0 saturated heterocycles. The maximum atomic E-state index is 5.16. The molecule has 15 heavy (non-hydrogen) atoms. The van der Waals surface area contributed by atoms with Crippen molar-refractivity contribution >= 4 is 22.9 Å². The van der Waals surface area contributed by atoms with E-state index in [-0.39, 0.29) is 0 Å². The van der Waals surface area contributed by atoms with Crippen LogP contribution in [0.25, 0.3) is 0 Å². The summed E-state index contributed by atoms with van der Waals surface area (Å²) in [4.78, 5) is 0.954. The van der Waals surface area contributed by atoms with Crippen molar-refractivity contribution in [3.8, 4) is 0 Å². The van der Waals surface area contributed by atoms with Gasteiger partial charge in [0.25, 0.3) is 0 Å². The van der Waals surface area contributed by atoms with Crippen molar-refractivity contribution in [1.82, 2.24) is 0 Å². The minimum atomic E-state index is 0.923. The third-order valence-electron chi connectivity index (χ3n) is 2.86. The number of rotatable bonds is 4. The summed E-state index contributed by atoms with van der Waals surface area (Å²) in [5.41, 5.74) is 4.03. The fraction of sp³-hybridized carbons (Fsp3) is 0.462. The highest BCUT2D eigenvalue weighted by Crippen LogP contribution is 2.25. The molecule has 1 aliphatic heterocycles. The molecule has 1 aliphatic rings. The maximum absolute atomic E-state index is 5.16. The third kappa shape index (κ3) is 2.57. The summed E-state index contributed by atoms with van der Waals surface area (Å²) in [6, 6.07) is 6.68. The van der Waals surface area contributed by atoms with E-state index in [1.807, 2.05) is 0 Å². The van der Waals surface area contributed by atoms with Crippen LogP contribution >= 0.6 is 12.2 Å². The second-order valence-corrected chi connectivity index (χ2v) is 4.67. The number of unbranched alkanes of at least 4 members (excludes halogenated alkanes) is 2. The van der Waals surface area contributed by atoms with Gasteiger partial charge in [0.2, 0.25) is 0 Å². The Bertz CT molecular complexity index is 371. The molecule has 1 heterocycles. The van der Waals surface area contributed by atoms with Crippen LogP contribution in [-0.2, 0) is 12.8 Å². The summed E-state index contributed by atoms with van der Waals surface area (Å²) in [6.07, 6.45) is 6.04. The fourth-order valence-electron chi connectivity index (χ4n) is 2.02. The van der Waals surface area contributed by atoms with Gasteiger partial charge in [-0.2, -0.15) is 0 Å². The van der Waals surface area contributed by atoms with Gasteiger partial charge in [0, 0.05) is 12.1 Å². The van der Waals surface area contributed by atoms with E-state index in [1.165, 1.54) is 42.5 Å². The molecule has 0 saturated carbocycles. The van der Waals surface area contributed by atoms with Gasteiger partial charge in [-0.05, 0) is 30.0 Å². The Morgan fingerprint density at radius 3 is 3.00 bits per heavy atom. The van der Waals surface area contributed by atoms with Gasteiger partial charge in [-0.15, -0.1) is 0 Å². The molecular weight excluding hydrogens is 202 g/mol.